The summed E-state index contributed by atoms with van der Waals surface area (Å²) in [6.45, 7) is 1.81. The maximum atomic E-state index is 12.7. The van der Waals surface area contributed by atoms with Crippen molar-refractivity contribution < 1.29 is 14.5 Å². The number of nitrogens with zero attached hydrogens (tertiary/aromatic N) is 1. The quantitative estimate of drug-likeness (QED) is 0.193. The van der Waals surface area contributed by atoms with Crippen molar-refractivity contribution in [3.05, 3.63) is 94.7 Å². The fourth-order valence-electron chi connectivity index (χ4n) is 3.24. The first-order valence-corrected chi connectivity index (χ1v) is 11.0. The number of anilines is 2. The lowest BCUT2D eigenvalue weighted by Crippen LogP contribution is -2.22. The van der Waals surface area contributed by atoms with Crippen molar-refractivity contribution in [2.75, 3.05) is 10.6 Å². The summed E-state index contributed by atoms with van der Waals surface area (Å²) in [5, 5.41) is 17.3. The van der Waals surface area contributed by atoms with Crippen molar-refractivity contribution in [3.63, 3.8) is 0 Å². The van der Waals surface area contributed by atoms with Crippen LogP contribution in [0.25, 0.3) is 10.9 Å². The maximum absolute atomic E-state index is 12.7. The first-order valence-electron chi connectivity index (χ1n) is 10.1. The highest BCUT2D eigenvalue weighted by atomic mass is 32.2. The molecule has 0 spiro atoms. The maximum Gasteiger partial charge on any atom is 0.270 e. The van der Waals surface area contributed by atoms with Gasteiger partial charge < -0.3 is 15.6 Å². The van der Waals surface area contributed by atoms with E-state index in [1.165, 1.54) is 36.0 Å². The van der Waals surface area contributed by atoms with Gasteiger partial charge in [0, 0.05) is 45.7 Å². The number of hydrogen-bond acceptors (Lipinski definition) is 5. The number of amides is 2. The van der Waals surface area contributed by atoms with Gasteiger partial charge in [-0.05, 0) is 54.8 Å². The minimum atomic E-state index is -0.545. The van der Waals surface area contributed by atoms with Gasteiger partial charge in [0.25, 0.3) is 11.6 Å². The molecule has 1 atom stereocenters. The van der Waals surface area contributed by atoms with Gasteiger partial charge in [-0.3, -0.25) is 19.7 Å². The highest BCUT2D eigenvalue weighted by Crippen LogP contribution is 2.27. The summed E-state index contributed by atoms with van der Waals surface area (Å²) in [6, 6.07) is 20.3. The average molecular weight is 461 g/mol. The summed E-state index contributed by atoms with van der Waals surface area (Å²) in [4.78, 5) is 39.5. The number of hydrogen-bond donors (Lipinski definition) is 3. The van der Waals surface area contributed by atoms with Crippen LogP contribution in [0.15, 0.2) is 83.9 Å². The van der Waals surface area contributed by atoms with E-state index in [1.54, 1.807) is 18.2 Å². The van der Waals surface area contributed by atoms with E-state index in [4.69, 9.17) is 0 Å². The number of carbonyl (C=O) groups is 2. The minimum absolute atomic E-state index is 0.142. The molecule has 3 aromatic carbocycles. The molecule has 3 N–H and O–H groups in total. The van der Waals surface area contributed by atoms with E-state index in [2.05, 4.69) is 15.6 Å². The Morgan fingerprint density at radius 1 is 0.970 bits per heavy atom. The van der Waals surface area contributed by atoms with Crippen LogP contribution in [0.2, 0.25) is 0 Å². The van der Waals surface area contributed by atoms with Crippen LogP contribution in [0.5, 0.6) is 0 Å². The van der Waals surface area contributed by atoms with Crippen molar-refractivity contribution in [3.8, 4) is 0 Å². The van der Waals surface area contributed by atoms with Gasteiger partial charge in [-0.25, -0.2) is 0 Å². The van der Waals surface area contributed by atoms with Crippen LogP contribution in [0.3, 0.4) is 0 Å². The predicted molar refractivity (Wildman–Crippen MR) is 130 cm³/mol. The van der Waals surface area contributed by atoms with Crippen molar-refractivity contribution in [2.24, 2.45) is 0 Å². The zero-order valence-corrected chi connectivity index (χ0v) is 18.4. The van der Waals surface area contributed by atoms with E-state index < -0.39 is 10.8 Å². The van der Waals surface area contributed by atoms with E-state index >= 15 is 0 Å². The molecule has 0 radical (unpaired) electrons. The molecule has 2 amide bonds. The fourth-order valence-corrected chi connectivity index (χ4v) is 4.16. The molecule has 0 fully saturated rings. The monoisotopic (exact) mass is 460 g/mol. The molecule has 4 rings (SSSR count). The summed E-state index contributed by atoms with van der Waals surface area (Å²) in [7, 11) is 0. The summed E-state index contributed by atoms with van der Waals surface area (Å²) in [6.07, 6.45) is 1.85. The van der Waals surface area contributed by atoms with Crippen LogP contribution in [0, 0.1) is 10.1 Å². The number of aromatic amines is 1. The van der Waals surface area contributed by atoms with Crippen molar-refractivity contribution in [1.82, 2.24) is 4.98 Å². The summed E-state index contributed by atoms with van der Waals surface area (Å²) in [5.74, 6) is -0.594. The molecular formula is C24H20N4O4S. The third-order valence-corrected chi connectivity index (χ3v) is 6.01. The smallest absolute Gasteiger partial charge is 0.270 e. The van der Waals surface area contributed by atoms with E-state index in [0.29, 0.717) is 11.4 Å². The van der Waals surface area contributed by atoms with Crippen LogP contribution in [0.4, 0.5) is 17.1 Å². The lowest BCUT2D eigenvalue weighted by molar-refractivity contribution is -0.384. The van der Waals surface area contributed by atoms with Crippen LogP contribution in [-0.2, 0) is 4.79 Å². The Labute approximate surface area is 193 Å². The van der Waals surface area contributed by atoms with Crippen molar-refractivity contribution in [1.29, 1.82) is 0 Å². The topological polar surface area (TPSA) is 117 Å². The third kappa shape index (κ3) is 5.39. The SMILES string of the molecule is CC(Sc1cccc(NC(=O)c2cccc([N+](=O)[O-])c2)c1)C(=O)Nc1ccc2cc[nH]c2c1. The Bertz CT molecular complexity index is 1350. The van der Waals surface area contributed by atoms with E-state index in [1.807, 2.05) is 43.5 Å². The first kappa shape index (κ1) is 22.1. The fraction of sp³-hybridized carbons (Fsp3) is 0.0833. The molecule has 166 valence electrons. The van der Waals surface area contributed by atoms with E-state index in [0.717, 1.165) is 15.8 Å². The van der Waals surface area contributed by atoms with Gasteiger partial charge in [-0.15, -0.1) is 11.8 Å². The molecule has 0 aliphatic carbocycles. The zero-order valence-electron chi connectivity index (χ0n) is 17.6. The second-order valence-electron chi connectivity index (χ2n) is 7.32. The van der Waals surface area contributed by atoms with Crippen LogP contribution in [0.1, 0.15) is 17.3 Å². The largest absolute Gasteiger partial charge is 0.361 e. The molecule has 0 aliphatic heterocycles. The van der Waals surface area contributed by atoms with Gasteiger partial charge in [-0.1, -0.05) is 18.2 Å². The van der Waals surface area contributed by atoms with Crippen molar-refractivity contribution in [2.45, 2.75) is 17.1 Å². The highest BCUT2D eigenvalue weighted by Gasteiger charge is 2.16. The molecule has 0 aliphatic rings. The van der Waals surface area contributed by atoms with E-state index in [-0.39, 0.29) is 22.4 Å². The number of H-pyrrole nitrogens is 1. The average Bonchev–Trinajstić information content (AvgIpc) is 3.27. The zero-order chi connectivity index (χ0) is 23.4. The number of non-ortho nitro benzene ring substituents is 1. The van der Waals surface area contributed by atoms with Gasteiger partial charge in [0.05, 0.1) is 10.2 Å². The number of nitrogens with one attached hydrogen (secondary N) is 3. The number of nitro groups is 1. The van der Waals surface area contributed by atoms with Crippen LogP contribution >= 0.6 is 11.8 Å². The normalized spacial score (nSPS) is 11.7. The second kappa shape index (κ2) is 9.58. The van der Waals surface area contributed by atoms with Gasteiger partial charge in [-0.2, -0.15) is 0 Å². The Kier molecular flexibility index (Phi) is 6.41. The lowest BCUT2D eigenvalue weighted by atomic mass is 10.2. The number of carbonyl (C=O) groups excluding carboxylic acids is 2. The lowest BCUT2D eigenvalue weighted by Gasteiger charge is -2.13. The molecule has 1 heterocycles. The number of rotatable bonds is 7. The summed E-state index contributed by atoms with van der Waals surface area (Å²) >= 11 is 1.36. The Balaban J connectivity index is 1.39. The number of fused-ring (bicyclic) bond motifs is 1. The summed E-state index contributed by atoms with van der Waals surface area (Å²) in [5.41, 5.74) is 2.22. The van der Waals surface area contributed by atoms with E-state index in [9.17, 15) is 19.7 Å². The standard InChI is InChI=1S/C24H20N4O4S/c1-15(23(29)26-19-9-8-16-10-11-25-22(16)14-19)33-21-7-3-5-18(13-21)27-24(30)17-4-2-6-20(12-17)28(31)32/h2-15,25H,1H3,(H,26,29)(H,27,30). The van der Waals surface area contributed by atoms with Crippen molar-refractivity contribution >= 4 is 51.5 Å². The highest BCUT2D eigenvalue weighted by molar-refractivity contribution is 8.00. The number of benzene rings is 3. The number of thioether (sulfide) groups is 1. The van der Waals surface area contributed by atoms with Gasteiger partial charge >= 0.3 is 0 Å². The molecule has 1 unspecified atom stereocenters. The molecule has 0 saturated heterocycles. The third-order valence-electron chi connectivity index (χ3n) is 4.92. The molecule has 8 nitrogen and oxygen atoms in total. The molecule has 9 heteroatoms. The van der Waals surface area contributed by atoms with Gasteiger partial charge in [0.2, 0.25) is 5.91 Å². The predicted octanol–water partition coefficient (Wildman–Crippen LogP) is 5.45. The Morgan fingerprint density at radius 3 is 2.58 bits per heavy atom. The Hall–Kier alpha value is -4.11. The number of aromatic nitrogens is 1. The number of nitro benzene ring substituents is 1. The second-order valence-corrected chi connectivity index (χ2v) is 8.73. The Morgan fingerprint density at radius 2 is 1.76 bits per heavy atom. The molecule has 0 bridgehead atoms. The van der Waals surface area contributed by atoms with Crippen LogP contribution in [-0.4, -0.2) is 27.0 Å². The van der Waals surface area contributed by atoms with Gasteiger partial charge in [0.15, 0.2) is 0 Å². The van der Waals surface area contributed by atoms with Gasteiger partial charge in [0.1, 0.15) is 0 Å². The van der Waals surface area contributed by atoms with Crippen LogP contribution < -0.4 is 10.6 Å². The molecule has 0 saturated carbocycles. The summed E-state index contributed by atoms with van der Waals surface area (Å²) < 4.78 is 0. The first-order chi connectivity index (χ1) is 15.9. The molecule has 1 aromatic heterocycles. The molecular weight excluding hydrogens is 440 g/mol. The molecule has 4 aromatic rings. The molecule has 33 heavy (non-hydrogen) atoms. The minimum Gasteiger partial charge on any atom is -0.361 e.